The molecule has 2 rings (SSSR count). The number of hydrogen-bond acceptors (Lipinski definition) is 2. The van der Waals surface area contributed by atoms with Crippen LogP contribution in [0.3, 0.4) is 0 Å². The Morgan fingerprint density at radius 3 is 2.88 bits per heavy atom. The molecular formula is C13H18ClFN2. The van der Waals surface area contributed by atoms with Gasteiger partial charge in [0.1, 0.15) is 5.82 Å². The first-order valence-electron chi connectivity index (χ1n) is 6.09. The van der Waals surface area contributed by atoms with E-state index in [4.69, 9.17) is 17.4 Å². The van der Waals surface area contributed by atoms with Gasteiger partial charge in [-0.2, -0.15) is 0 Å². The van der Waals surface area contributed by atoms with Crippen molar-refractivity contribution >= 4 is 11.6 Å². The lowest BCUT2D eigenvalue weighted by Crippen LogP contribution is -2.37. The van der Waals surface area contributed by atoms with E-state index in [1.165, 1.54) is 19.3 Å². The summed E-state index contributed by atoms with van der Waals surface area (Å²) in [7, 11) is 0. The monoisotopic (exact) mass is 256 g/mol. The van der Waals surface area contributed by atoms with E-state index >= 15 is 0 Å². The largest absolute Gasteiger partial charge is 0.271 e. The van der Waals surface area contributed by atoms with Gasteiger partial charge in [-0.15, -0.1) is 0 Å². The number of benzene rings is 1. The highest BCUT2D eigenvalue weighted by molar-refractivity contribution is 6.30. The van der Waals surface area contributed by atoms with E-state index in [2.05, 4.69) is 5.43 Å². The minimum absolute atomic E-state index is 0.128. The van der Waals surface area contributed by atoms with Gasteiger partial charge in [-0.05, 0) is 36.8 Å². The van der Waals surface area contributed by atoms with E-state index in [0.29, 0.717) is 12.0 Å². The zero-order valence-corrected chi connectivity index (χ0v) is 10.5. The molecule has 1 aliphatic carbocycles. The minimum Gasteiger partial charge on any atom is -0.271 e. The summed E-state index contributed by atoms with van der Waals surface area (Å²) in [5.41, 5.74) is 3.41. The third-order valence-electron chi connectivity index (χ3n) is 3.35. The summed E-state index contributed by atoms with van der Waals surface area (Å²) in [6, 6.07) is 5.23. The van der Waals surface area contributed by atoms with Gasteiger partial charge in [-0.1, -0.05) is 36.6 Å². The van der Waals surface area contributed by atoms with Gasteiger partial charge in [0.05, 0.1) is 5.02 Å². The Morgan fingerprint density at radius 2 is 2.24 bits per heavy atom. The number of hydrazine groups is 1. The SMILES string of the molecule is NNC(CCC1CC1)Cc1cccc(Cl)c1F. The molecule has 0 bridgehead atoms. The topological polar surface area (TPSA) is 38.0 Å². The number of nitrogens with one attached hydrogen (secondary N) is 1. The fraction of sp³-hybridized carbons (Fsp3) is 0.538. The Morgan fingerprint density at radius 1 is 1.47 bits per heavy atom. The van der Waals surface area contributed by atoms with Crippen LogP contribution in [0.25, 0.3) is 0 Å². The van der Waals surface area contributed by atoms with Crippen LogP contribution in [0.15, 0.2) is 18.2 Å². The molecule has 1 unspecified atom stereocenters. The van der Waals surface area contributed by atoms with Crippen molar-refractivity contribution in [1.29, 1.82) is 0 Å². The van der Waals surface area contributed by atoms with Crippen molar-refractivity contribution in [2.75, 3.05) is 0 Å². The van der Waals surface area contributed by atoms with Gasteiger partial charge in [-0.25, -0.2) is 4.39 Å². The van der Waals surface area contributed by atoms with E-state index < -0.39 is 0 Å². The third kappa shape index (κ3) is 3.66. The standard InChI is InChI=1S/C13H18ClFN2/c14-12-3-1-2-10(13(12)15)8-11(17-16)7-6-9-4-5-9/h1-3,9,11,17H,4-8,16H2. The summed E-state index contributed by atoms with van der Waals surface area (Å²) in [6.07, 6.45) is 5.44. The molecule has 0 saturated heterocycles. The summed E-state index contributed by atoms with van der Waals surface area (Å²) >= 11 is 5.75. The van der Waals surface area contributed by atoms with Gasteiger partial charge in [0.25, 0.3) is 0 Å². The molecule has 1 aliphatic rings. The maximum atomic E-state index is 13.7. The first-order valence-corrected chi connectivity index (χ1v) is 6.47. The van der Waals surface area contributed by atoms with Crippen LogP contribution in [-0.4, -0.2) is 6.04 Å². The van der Waals surface area contributed by atoms with E-state index in [9.17, 15) is 4.39 Å². The Balaban J connectivity index is 1.93. The first-order chi connectivity index (χ1) is 8.20. The van der Waals surface area contributed by atoms with Gasteiger partial charge in [0, 0.05) is 6.04 Å². The first kappa shape index (κ1) is 12.8. The lowest BCUT2D eigenvalue weighted by molar-refractivity contribution is 0.454. The molecule has 17 heavy (non-hydrogen) atoms. The molecule has 0 radical (unpaired) electrons. The lowest BCUT2D eigenvalue weighted by atomic mass is 10.0. The maximum absolute atomic E-state index is 13.7. The quantitative estimate of drug-likeness (QED) is 0.607. The summed E-state index contributed by atoms with van der Waals surface area (Å²) in [4.78, 5) is 0. The fourth-order valence-electron chi connectivity index (χ4n) is 2.06. The molecule has 1 fully saturated rings. The molecule has 0 aromatic heterocycles. The molecular weight excluding hydrogens is 239 g/mol. The Kier molecular flexibility index (Phi) is 4.37. The van der Waals surface area contributed by atoms with Crippen molar-refractivity contribution < 1.29 is 4.39 Å². The molecule has 1 aromatic carbocycles. The smallest absolute Gasteiger partial charge is 0.145 e. The van der Waals surface area contributed by atoms with Crippen LogP contribution < -0.4 is 11.3 Å². The average molecular weight is 257 g/mol. The van der Waals surface area contributed by atoms with Crippen molar-refractivity contribution in [3.8, 4) is 0 Å². The minimum atomic E-state index is -0.319. The highest BCUT2D eigenvalue weighted by atomic mass is 35.5. The van der Waals surface area contributed by atoms with Gasteiger partial charge >= 0.3 is 0 Å². The third-order valence-corrected chi connectivity index (χ3v) is 3.65. The van der Waals surface area contributed by atoms with Crippen LogP contribution in [0.2, 0.25) is 5.02 Å². The fourth-order valence-corrected chi connectivity index (χ4v) is 2.25. The molecule has 4 heteroatoms. The van der Waals surface area contributed by atoms with E-state index in [1.807, 2.05) is 0 Å². The van der Waals surface area contributed by atoms with Crippen molar-refractivity contribution in [3.05, 3.63) is 34.6 Å². The number of nitrogens with two attached hydrogens (primary N) is 1. The Hall–Kier alpha value is -0.640. The second kappa shape index (κ2) is 5.80. The summed E-state index contributed by atoms with van der Waals surface area (Å²) < 4.78 is 13.7. The van der Waals surface area contributed by atoms with Crippen LogP contribution in [0.5, 0.6) is 0 Å². The molecule has 0 aliphatic heterocycles. The number of halogens is 2. The van der Waals surface area contributed by atoms with Gasteiger partial charge in [-0.3, -0.25) is 11.3 Å². The van der Waals surface area contributed by atoms with Crippen LogP contribution in [-0.2, 0) is 6.42 Å². The van der Waals surface area contributed by atoms with Crippen molar-refractivity contribution in [1.82, 2.24) is 5.43 Å². The second-order valence-electron chi connectivity index (χ2n) is 4.80. The van der Waals surface area contributed by atoms with E-state index in [0.717, 1.165) is 12.3 Å². The van der Waals surface area contributed by atoms with E-state index in [1.54, 1.807) is 18.2 Å². The summed E-state index contributed by atoms with van der Waals surface area (Å²) in [5.74, 6) is 6.06. The molecule has 0 amide bonds. The van der Waals surface area contributed by atoms with Gasteiger partial charge < -0.3 is 0 Å². The Labute approximate surface area is 106 Å². The van der Waals surface area contributed by atoms with Crippen LogP contribution in [0, 0.1) is 11.7 Å². The molecule has 1 aromatic rings. The zero-order valence-electron chi connectivity index (χ0n) is 9.76. The maximum Gasteiger partial charge on any atom is 0.145 e. The number of rotatable bonds is 6. The molecule has 0 heterocycles. The van der Waals surface area contributed by atoms with Crippen molar-refractivity contribution in [2.45, 2.75) is 38.1 Å². The molecule has 1 saturated carbocycles. The van der Waals surface area contributed by atoms with Crippen molar-refractivity contribution in [2.24, 2.45) is 11.8 Å². The Bertz CT molecular complexity index is 380. The summed E-state index contributed by atoms with van der Waals surface area (Å²) in [6.45, 7) is 0. The summed E-state index contributed by atoms with van der Waals surface area (Å²) in [5, 5.41) is 0.181. The molecule has 2 nitrogen and oxygen atoms in total. The highest BCUT2D eigenvalue weighted by Crippen LogP contribution is 2.34. The van der Waals surface area contributed by atoms with Crippen LogP contribution in [0.4, 0.5) is 4.39 Å². The van der Waals surface area contributed by atoms with Crippen LogP contribution in [0.1, 0.15) is 31.2 Å². The zero-order chi connectivity index (χ0) is 12.3. The molecule has 0 spiro atoms. The van der Waals surface area contributed by atoms with Crippen LogP contribution >= 0.6 is 11.6 Å². The number of hydrogen-bond donors (Lipinski definition) is 2. The average Bonchev–Trinajstić information content (AvgIpc) is 3.13. The van der Waals surface area contributed by atoms with E-state index in [-0.39, 0.29) is 16.9 Å². The molecule has 1 atom stereocenters. The lowest BCUT2D eigenvalue weighted by Gasteiger charge is -2.16. The van der Waals surface area contributed by atoms with Gasteiger partial charge in [0.2, 0.25) is 0 Å². The molecule has 94 valence electrons. The second-order valence-corrected chi connectivity index (χ2v) is 5.21. The molecule has 3 N–H and O–H groups in total. The predicted octanol–water partition coefficient (Wildman–Crippen LogP) is 3.04. The predicted molar refractivity (Wildman–Crippen MR) is 68.2 cm³/mol. The normalized spacial score (nSPS) is 17.1. The highest BCUT2D eigenvalue weighted by Gasteiger charge is 2.22. The van der Waals surface area contributed by atoms with Crippen molar-refractivity contribution in [3.63, 3.8) is 0 Å². The van der Waals surface area contributed by atoms with Gasteiger partial charge in [0.15, 0.2) is 0 Å².